The molecule has 1 aromatic heterocycles. The highest BCUT2D eigenvalue weighted by Gasteiger charge is 2.41. The summed E-state index contributed by atoms with van der Waals surface area (Å²) >= 11 is 5.01. The van der Waals surface area contributed by atoms with Crippen LogP contribution in [0, 0.1) is 0 Å². The molecule has 0 aromatic carbocycles. The van der Waals surface area contributed by atoms with E-state index in [2.05, 4.69) is 21.2 Å². The number of amides is 2. The first-order chi connectivity index (χ1) is 7.93. The van der Waals surface area contributed by atoms with Crippen molar-refractivity contribution in [2.45, 2.75) is 25.9 Å². The van der Waals surface area contributed by atoms with Crippen LogP contribution in [0.3, 0.4) is 0 Å². The number of carbonyl (C=O) groups is 2. The topological polar surface area (TPSA) is 49.4 Å². The second-order valence-corrected chi connectivity index (χ2v) is 6.27. The van der Waals surface area contributed by atoms with Crippen LogP contribution in [-0.2, 0) is 16.1 Å². The quantitative estimate of drug-likeness (QED) is 0.903. The molecule has 0 unspecified atom stereocenters. The lowest BCUT2D eigenvalue weighted by atomic mass is 9.98. The van der Waals surface area contributed by atoms with Crippen molar-refractivity contribution in [1.82, 2.24) is 10.2 Å². The van der Waals surface area contributed by atoms with Gasteiger partial charge in [-0.15, -0.1) is 11.3 Å². The van der Waals surface area contributed by atoms with Crippen molar-refractivity contribution in [1.29, 1.82) is 0 Å². The highest BCUT2D eigenvalue weighted by Crippen LogP contribution is 2.28. The molecular formula is C11H13BrN2O2S. The largest absolute Gasteiger partial charge is 0.345 e. The van der Waals surface area contributed by atoms with Crippen LogP contribution in [0.2, 0.25) is 0 Å². The molecule has 1 aliphatic heterocycles. The molecule has 6 heteroatoms. The first-order valence-electron chi connectivity index (χ1n) is 5.23. The zero-order valence-corrected chi connectivity index (χ0v) is 12.0. The van der Waals surface area contributed by atoms with Crippen LogP contribution in [0.15, 0.2) is 15.9 Å². The Labute approximate surface area is 112 Å². The van der Waals surface area contributed by atoms with E-state index in [4.69, 9.17) is 0 Å². The Hall–Kier alpha value is -0.880. The number of hydrogen-bond acceptors (Lipinski definition) is 3. The molecule has 0 spiro atoms. The van der Waals surface area contributed by atoms with Gasteiger partial charge in [-0.3, -0.25) is 9.59 Å². The van der Waals surface area contributed by atoms with Crippen molar-refractivity contribution in [3.8, 4) is 0 Å². The number of nitrogens with zero attached hydrogens (tertiary/aromatic N) is 1. The zero-order chi connectivity index (χ0) is 12.6. The SMILES string of the molecule is CC1(C)C(=O)NCC(=O)N1Cc1sccc1Br. The minimum atomic E-state index is -0.793. The van der Waals surface area contributed by atoms with Gasteiger partial charge in [-0.25, -0.2) is 0 Å². The fourth-order valence-electron chi connectivity index (χ4n) is 1.77. The summed E-state index contributed by atoms with van der Waals surface area (Å²) in [7, 11) is 0. The van der Waals surface area contributed by atoms with Gasteiger partial charge in [0, 0.05) is 9.35 Å². The van der Waals surface area contributed by atoms with Crippen molar-refractivity contribution >= 4 is 39.1 Å². The lowest BCUT2D eigenvalue weighted by Crippen LogP contribution is -2.63. The first kappa shape index (κ1) is 12.6. The predicted molar refractivity (Wildman–Crippen MR) is 69.7 cm³/mol. The van der Waals surface area contributed by atoms with E-state index in [-0.39, 0.29) is 18.4 Å². The van der Waals surface area contributed by atoms with Crippen LogP contribution in [0.1, 0.15) is 18.7 Å². The fourth-order valence-corrected chi connectivity index (χ4v) is 3.23. The van der Waals surface area contributed by atoms with Crippen LogP contribution in [0.5, 0.6) is 0 Å². The molecule has 1 aromatic rings. The summed E-state index contributed by atoms with van der Waals surface area (Å²) in [6.07, 6.45) is 0. The van der Waals surface area contributed by atoms with Gasteiger partial charge in [-0.2, -0.15) is 0 Å². The molecule has 4 nitrogen and oxygen atoms in total. The monoisotopic (exact) mass is 316 g/mol. The Morgan fingerprint density at radius 3 is 2.82 bits per heavy atom. The highest BCUT2D eigenvalue weighted by molar-refractivity contribution is 9.10. The van der Waals surface area contributed by atoms with Gasteiger partial charge in [-0.05, 0) is 41.2 Å². The number of piperazine rings is 1. The smallest absolute Gasteiger partial charge is 0.245 e. The molecule has 0 aliphatic carbocycles. The molecule has 0 radical (unpaired) electrons. The molecule has 0 atom stereocenters. The summed E-state index contributed by atoms with van der Waals surface area (Å²) in [5.74, 6) is -0.153. The molecule has 0 bridgehead atoms. The average molecular weight is 317 g/mol. The fraction of sp³-hybridized carbons (Fsp3) is 0.455. The van der Waals surface area contributed by atoms with E-state index in [0.29, 0.717) is 6.54 Å². The number of halogens is 1. The normalized spacial score (nSPS) is 19.4. The van der Waals surface area contributed by atoms with Crippen LogP contribution < -0.4 is 5.32 Å². The van der Waals surface area contributed by atoms with Gasteiger partial charge in [0.25, 0.3) is 0 Å². The van der Waals surface area contributed by atoms with Gasteiger partial charge in [0.2, 0.25) is 11.8 Å². The average Bonchev–Trinajstić information content (AvgIpc) is 2.65. The third-order valence-electron chi connectivity index (χ3n) is 2.92. The van der Waals surface area contributed by atoms with Gasteiger partial charge in [0.15, 0.2) is 0 Å². The highest BCUT2D eigenvalue weighted by atomic mass is 79.9. The molecule has 1 fully saturated rings. The number of hydrogen-bond donors (Lipinski definition) is 1. The van der Waals surface area contributed by atoms with Gasteiger partial charge in [0.1, 0.15) is 5.54 Å². The summed E-state index contributed by atoms with van der Waals surface area (Å²) in [5, 5.41) is 4.57. The van der Waals surface area contributed by atoms with E-state index >= 15 is 0 Å². The summed E-state index contributed by atoms with van der Waals surface area (Å²) in [6.45, 7) is 4.09. The molecule has 17 heavy (non-hydrogen) atoms. The van der Waals surface area contributed by atoms with Gasteiger partial charge in [0.05, 0.1) is 13.1 Å². The van der Waals surface area contributed by atoms with E-state index in [9.17, 15) is 9.59 Å². The molecule has 1 aliphatic rings. The Balaban J connectivity index is 2.26. The third-order valence-corrected chi connectivity index (χ3v) is 4.84. The molecule has 0 saturated carbocycles. The van der Waals surface area contributed by atoms with Crippen molar-refractivity contribution in [3.63, 3.8) is 0 Å². The predicted octanol–water partition coefficient (Wildman–Crippen LogP) is 1.75. The van der Waals surface area contributed by atoms with E-state index in [1.807, 2.05) is 11.4 Å². The maximum atomic E-state index is 11.9. The standard InChI is InChI=1S/C11H13BrN2O2S/c1-11(2)10(16)13-5-9(15)14(11)6-8-7(12)3-4-17-8/h3-4H,5-6H2,1-2H3,(H,13,16). The van der Waals surface area contributed by atoms with Crippen LogP contribution in [0.4, 0.5) is 0 Å². The van der Waals surface area contributed by atoms with E-state index in [1.54, 1.807) is 30.1 Å². The van der Waals surface area contributed by atoms with Gasteiger partial charge >= 0.3 is 0 Å². The third kappa shape index (κ3) is 2.24. The number of thiophene rings is 1. The molecule has 92 valence electrons. The Bertz CT molecular complexity index is 470. The minimum absolute atomic E-state index is 0.0464. The van der Waals surface area contributed by atoms with Crippen molar-refractivity contribution in [3.05, 3.63) is 20.8 Å². The molecular weight excluding hydrogens is 304 g/mol. The lowest BCUT2D eigenvalue weighted by molar-refractivity contribution is -0.152. The summed E-state index contributed by atoms with van der Waals surface area (Å²) < 4.78 is 0.983. The Morgan fingerprint density at radius 1 is 1.53 bits per heavy atom. The Morgan fingerprint density at radius 2 is 2.24 bits per heavy atom. The van der Waals surface area contributed by atoms with E-state index < -0.39 is 5.54 Å². The van der Waals surface area contributed by atoms with Crippen molar-refractivity contribution in [2.24, 2.45) is 0 Å². The van der Waals surface area contributed by atoms with E-state index in [1.165, 1.54) is 0 Å². The second-order valence-electron chi connectivity index (χ2n) is 4.41. The summed E-state index contributed by atoms with van der Waals surface area (Å²) in [6, 6.07) is 1.95. The first-order valence-corrected chi connectivity index (χ1v) is 6.91. The van der Waals surface area contributed by atoms with Crippen molar-refractivity contribution in [2.75, 3.05) is 6.54 Å². The van der Waals surface area contributed by atoms with Gasteiger partial charge < -0.3 is 10.2 Å². The Kier molecular flexibility index (Phi) is 3.27. The molecule has 2 amide bonds. The van der Waals surface area contributed by atoms with Crippen LogP contribution in [0.25, 0.3) is 0 Å². The maximum Gasteiger partial charge on any atom is 0.245 e. The minimum Gasteiger partial charge on any atom is -0.345 e. The van der Waals surface area contributed by atoms with E-state index in [0.717, 1.165) is 9.35 Å². The molecule has 2 heterocycles. The lowest BCUT2D eigenvalue weighted by Gasteiger charge is -2.40. The number of rotatable bonds is 2. The van der Waals surface area contributed by atoms with Crippen LogP contribution in [-0.4, -0.2) is 28.8 Å². The zero-order valence-electron chi connectivity index (χ0n) is 9.62. The molecule has 2 rings (SSSR count). The van der Waals surface area contributed by atoms with Crippen molar-refractivity contribution < 1.29 is 9.59 Å². The molecule has 1 saturated heterocycles. The number of nitrogens with one attached hydrogen (secondary N) is 1. The van der Waals surface area contributed by atoms with Crippen LogP contribution >= 0.6 is 27.3 Å². The second kappa shape index (κ2) is 4.42. The van der Waals surface area contributed by atoms with Gasteiger partial charge in [-0.1, -0.05) is 0 Å². The molecule has 1 N–H and O–H groups in total. The summed E-state index contributed by atoms with van der Waals surface area (Å²) in [5.41, 5.74) is -0.793. The maximum absolute atomic E-state index is 11.9. The number of carbonyl (C=O) groups excluding carboxylic acids is 2. The summed E-state index contributed by atoms with van der Waals surface area (Å²) in [4.78, 5) is 26.3.